The molecule has 0 aromatic heterocycles. The molecule has 4 aromatic rings. The second-order valence-corrected chi connectivity index (χ2v) is 10.7. The van der Waals surface area contributed by atoms with E-state index >= 15 is 13.2 Å². The minimum Gasteiger partial charge on any atom is -0.479 e. The summed E-state index contributed by atoms with van der Waals surface area (Å²) in [6, 6.07) is 19.1. The van der Waals surface area contributed by atoms with Gasteiger partial charge >= 0.3 is 18.1 Å². The van der Waals surface area contributed by atoms with E-state index in [1.165, 1.54) is 19.2 Å². The van der Waals surface area contributed by atoms with Crippen LogP contribution >= 0.6 is 0 Å². The fourth-order valence-corrected chi connectivity index (χ4v) is 5.25. The lowest BCUT2D eigenvalue weighted by Crippen LogP contribution is -2.44. The van der Waals surface area contributed by atoms with Crippen molar-refractivity contribution in [3.05, 3.63) is 143 Å². The Balaban J connectivity index is 1.80. The lowest BCUT2D eigenvalue weighted by atomic mass is 9.68. The molecule has 4 aromatic carbocycles. The third-order valence-corrected chi connectivity index (χ3v) is 7.60. The van der Waals surface area contributed by atoms with E-state index in [-0.39, 0.29) is 16.9 Å². The van der Waals surface area contributed by atoms with Gasteiger partial charge in [-0.15, -0.1) is 17.3 Å². The Kier molecular flexibility index (Phi) is 9.60. The predicted molar refractivity (Wildman–Crippen MR) is 171 cm³/mol. The number of amides is 1. The molecule has 1 atom stereocenters. The van der Waals surface area contributed by atoms with Gasteiger partial charge in [0.2, 0.25) is 0 Å². The summed E-state index contributed by atoms with van der Waals surface area (Å²) in [7, 11) is 1.42. The Bertz CT molecular complexity index is 1880. The third-order valence-electron chi connectivity index (χ3n) is 7.60. The van der Waals surface area contributed by atoms with Crippen molar-refractivity contribution in [1.82, 2.24) is 5.32 Å². The van der Waals surface area contributed by atoms with Crippen molar-refractivity contribution >= 4 is 29.2 Å². The van der Waals surface area contributed by atoms with Gasteiger partial charge in [-0.25, -0.2) is 9.59 Å². The minimum absolute atomic E-state index is 0.0434. The van der Waals surface area contributed by atoms with Gasteiger partial charge in [-0.05, 0) is 79.1 Å². The van der Waals surface area contributed by atoms with E-state index in [4.69, 9.17) is 11.3 Å². The number of carbonyl (C=O) groups excluding carboxylic acids is 1. The number of halogens is 3. The van der Waals surface area contributed by atoms with Gasteiger partial charge in [0, 0.05) is 12.7 Å². The first kappa shape index (κ1) is 34.0. The highest BCUT2D eigenvalue weighted by Crippen LogP contribution is 2.51. The molecule has 11 heteroatoms. The average Bonchev–Trinajstić information content (AvgIpc) is 3.02. The first-order chi connectivity index (χ1) is 22.1. The molecule has 47 heavy (non-hydrogen) atoms. The summed E-state index contributed by atoms with van der Waals surface area (Å²) >= 11 is 0. The van der Waals surface area contributed by atoms with Gasteiger partial charge in [0.1, 0.15) is 16.9 Å². The molecule has 0 saturated heterocycles. The predicted octanol–water partition coefficient (Wildman–Crippen LogP) is 7.85. The van der Waals surface area contributed by atoms with Gasteiger partial charge in [0.15, 0.2) is 0 Å². The normalized spacial score (nSPS) is 12.4. The maximum atomic E-state index is 15.3. The molecule has 0 saturated carbocycles. The Labute approximate surface area is 268 Å². The first-order valence-corrected chi connectivity index (χ1v) is 14.0. The van der Waals surface area contributed by atoms with Crippen LogP contribution in [0.1, 0.15) is 60.3 Å². The highest BCUT2D eigenvalue weighted by molar-refractivity contribution is 6.11. The van der Waals surface area contributed by atoms with E-state index in [1.54, 1.807) is 24.3 Å². The molecular weight excluding hydrogens is 613 g/mol. The maximum Gasteiger partial charge on any atom is 0.406 e. The Morgan fingerprint density at radius 2 is 1.26 bits per heavy atom. The molecule has 0 heterocycles. The number of rotatable bonds is 11. The third kappa shape index (κ3) is 6.74. The summed E-state index contributed by atoms with van der Waals surface area (Å²) in [4.78, 5) is 37.7. The van der Waals surface area contributed by atoms with Crippen LogP contribution in [0, 0.1) is 13.5 Å². The zero-order chi connectivity index (χ0) is 34.7. The van der Waals surface area contributed by atoms with Crippen molar-refractivity contribution in [3.8, 4) is 11.5 Å². The molecule has 4 rings (SSSR count). The number of anilines is 1. The highest BCUT2D eigenvalue weighted by atomic mass is 19.4. The van der Waals surface area contributed by atoms with E-state index < -0.39 is 62.8 Å². The molecule has 1 unspecified atom stereocenters. The van der Waals surface area contributed by atoms with Crippen molar-refractivity contribution in [3.63, 3.8) is 0 Å². The average molecular weight is 644 g/mol. The standard InChI is InChI=1S/C36H30F3N2O6/c1-20(2)35(36(37,38)39,24-8-16-28(22(4)40-5)31(19-24)34(45)46)23-9-17-29(33(43)44)30(18-23)32(42)41-25-10-14-27(15-11-25)47-26-12-6-21(3)7-13-26/h4,6-19,40H,1H2,2-3,5H3,(H,41,42)(H,43,44)(H,45,46)/q-1. The van der Waals surface area contributed by atoms with Crippen LogP contribution in [0.25, 0.3) is 5.70 Å². The largest absolute Gasteiger partial charge is 0.479 e. The minimum atomic E-state index is -5.12. The lowest BCUT2D eigenvalue weighted by molar-refractivity contribution is -0.167. The van der Waals surface area contributed by atoms with Crippen LogP contribution in [-0.4, -0.2) is 41.3 Å². The van der Waals surface area contributed by atoms with Crippen LogP contribution in [0.2, 0.25) is 0 Å². The number of carbonyl (C=O) groups is 3. The van der Waals surface area contributed by atoms with Crippen LogP contribution in [0.5, 0.6) is 11.5 Å². The summed E-state index contributed by atoms with van der Waals surface area (Å²) in [5.74, 6) is -3.05. The van der Waals surface area contributed by atoms with Crippen LogP contribution < -0.4 is 15.4 Å². The van der Waals surface area contributed by atoms with Crippen molar-refractivity contribution in [2.24, 2.45) is 0 Å². The number of benzene rings is 4. The van der Waals surface area contributed by atoms with Gasteiger partial charge in [0.05, 0.1) is 11.1 Å². The van der Waals surface area contributed by atoms with Crippen molar-refractivity contribution in [2.75, 3.05) is 12.4 Å². The molecule has 1 amide bonds. The van der Waals surface area contributed by atoms with E-state index in [0.29, 0.717) is 11.5 Å². The van der Waals surface area contributed by atoms with Crippen LogP contribution in [0.15, 0.2) is 97.1 Å². The van der Waals surface area contributed by atoms with E-state index in [0.717, 1.165) is 48.9 Å². The number of hydrogen-bond acceptors (Lipinski definition) is 5. The zero-order valence-corrected chi connectivity index (χ0v) is 25.5. The van der Waals surface area contributed by atoms with Crippen molar-refractivity contribution < 1.29 is 42.5 Å². The number of aryl methyl sites for hydroxylation is 1. The van der Waals surface area contributed by atoms with Gasteiger partial charge in [-0.2, -0.15) is 13.2 Å². The molecular formula is C36H30F3N2O6-. The number of nitrogens with one attached hydrogen (secondary N) is 2. The number of alkyl halides is 3. The maximum absolute atomic E-state index is 15.3. The first-order valence-electron chi connectivity index (χ1n) is 14.0. The molecule has 4 N–H and O–H groups in total. The number of aromatic carboxylic acids is 2. The lowest BCUT2D eigenvalue weighted by Gasteiger charge is -2.39. The smallest absolute Gasteiger partial charge is 0.406 e. The molecule has 0 spiro atoms. The number of carboxylic acids is 2. The topological polar surface area (TPSA) is 125 Å². The monoisotopic (exact) mass is 643 g/mol. The fraction of sp³-hybridized carbons (Fsp3) is 0.139. The van der Waals surface area contributed by atoms with Gasteiger partial charge < -0.3 is 25.6 Å². The van der Waals surface area contributed by atoms with Crippen molar-refractivity contribution in [2.45, 2.75) is 25.4 Å². The second kappa shape index (κ2) is 13.3. The molecule has 8 nitrogen and oxygen atoms in total. The molecule has 0 aliphatic heterocycles. The number of hydrogen-bond donors (Lipinski definition) is 4. The highest BCUT2D eigenvalue weighted by Gasteiger charge is 2.58. The molecule has 0 radical (unpaired) electrons. The van der Waals surface area contributed by atoms with Gasteiger partial charge in [0.25, 0.3) is 5.91 Å². The van der Waals surface area contributed by atoms with Crippen LogP contribution in [-0.2, 0) is 5.41 Å². The summed E-state index contributed by atoms with van der Waals surface area (Å²) in [5.41, 5.74) is -5.08. The number of allylic oxidation sites excluding steroid dienone is 1. The Morgan fingerprint density at radius 3 is 1.72 bits per heavy atom. The number of ether oxygens (including phenoxy) is 1. The Morgan fingerprint density at radius 1 is 0.766 bits per heavy atom. The van der Waals surface area contributed by atoms with Gasteiger partial charge in [-0.3, -0.25) is 11.4 Å². The summed E-state index contributed by atoms with van der Waals surface area (Å²) in [6.45, 7) is 12.5. The molecule has 0 aliphatic carbocycles. The van der Waals surface area contributed by atoms with Crippen LogP contribution in [0.3, 0.4) is 0 Å². The molecule has 0 fully saturated rings. The molecule has 0 aliphatic rings. The SMILES string of the molecule is [CH-]=C(NC)c1ccc(C(C(=C)C)(c2ccc(C(=O)O)c(C(=O)Nc3ccc(Oc4ccc(C)cc4)cc3)c2)C(F)(F)F)cc1C(=O)O. The second-order valence-electron chi connectivity index (χ2n) is 10.7. The molecule has 242 valence electrons. The fourth-order valence-electron chi connectivity index (χ4n) is 5.25. The summed E-state index contributed by atoms with van der Waals surface area (Å²) in [5, 5.41) is 24.8. The Hall–Kier alpha value is -5.84. The zero-order valence-electron chi connectivity index (χ0n) is 25.5. The van der Waals surface area contributed by atoms with Crippen molar-refractivity contribution in [1.29, 1.82) is 0 Å². The van der Waals surface area contributed by atoms with E-state index in [9.17, 15) is 24.6 Å². The summed E-state index contributed by atoms with van der Waals surface area (Å²) < 4.78 is 51.8. The van der Waals surface area contributed by atoms with Gasteiger partial charge in [-0.1, -0.05) is 48.0 Å². The summed E-state index contributed by atoms with van der Waals surface area (Å²) in [6.07, 6.45) is -5.12. The molecule has 0 bridgehead atoms. The quantitative estimate of drug-likeness (QED) is 0.0969. The number of carboxylic acid groups (broad SMARTS) is 2. The van der Waals surface area contributed by atoms with Crippen LogP contribution in [0.4, 0.5) is 18.9 Å². The van der Waals surface area contributed by atoms with E-state index in [2.05, 4.69) is 17.2 Å². The van der Waals surface area contributed by atoms with E-state index in [1.807, 2.05) is 19.1 Å².